The average molecular weight is 266 g/mol. The average Bonchev–Trinajstić information content (AvgIpc) is 2.82. The number of aromatic nitrogens is 2. The van der Waals surface area contributed by atoms with Crippen molar-refractivity contribution in [1.29, 1.82) is 0 Å². The van der Waals surface area contributed by atoms with Gasteiger partial charge >= 0.3 is 0 Å². The molecule has 7 nitrogen and oxygen atoms in total. The number of hydrogen-bond acceptors (Lipinski definition) is 4. The molecule has 0 aromatic carbocycles. The molecule has 0 atom stereocenters. The smallest absolute Gasteiger partial charge is 0.272 e. The van der Waals surface area contributed by atoms with Crippen molar-refractivity contribution in [3.8, 4) is 0 Å². The Balaban J connectivity index is 2.16. The molecule has 1 aromatic heterocycles. The monoisotopic (exact) mass is 266 g/mol. The van der Waals surface area contributed by atoms with Crippen molar-refractivity contribution in [3.05, 3.63) is 17.0 Å². The van der Waals surface area contributed by atoms with E-state index in [2.05, 4.69) is 15.5 Å². The van der Waals surface area contributed by atoms with E-state index in [1.807, 2.05) is 6.92 Å². The van der Waals surface area contributed by atoms with Gasteiger partial charge in [0, 0.05) is 44.4 Å². The summed E-state index contributed by atoms with van der Waals surface area (Å²) >= 11 is 0. The quantitative estimate of drug-likeness (QED) is 0.782. The van der Waals surface area contributed by atoms with Crippen LogP contribution in [0.25, 0.3) is 0 Å². The molecule has 0 unspecified atom stereocenters. The van der Waals surface area contributed by atoms with Crippen LogP contribution in [0.3, 0.4) is 0 Å². The number of hydrogen-bond donors (Lipinski definition) is 2. The molecule has 104 valence electrons. The number of nitrogens with zero attached hydrogens (tertiary/aromatic N) is 2. The van der Waals surface area contributed by atoms with Crippen LogP contribution in [-0.4, -0.2) is 53.7 Å². The lowest BCUT2D eigenvalue weighted by atomic mass is 10.0. The molecule has 0 fully saturated rings. The molecule has 0 aliphatic carbocycles. The number of aromatic amines is 1. The Hall–Kier alpha value is -1.89. The molecule has 0 saturated carbocycles. The minimum Gasteiger partial charge on any atom is -0.375 e. The number of nitrogens with one attached hydrogen (secondary N) is 2. The predicted molar refractivity (Wildman–Crippen MR) is 67.6 cm³/mol. The van der Waals surface area contributed by atoms with Crippen LogP contribution in [0.15, 0.2) is 0 Å². The van der Waals surface area contributed by atoms with Crippen molar-refractivity contribution < 1.29 is 14.3 Å². The minimum absolute atomic E-state index is 0.0592. The number of fused-ring (bicyclic) bond motifs is 1. The standard InChI is InChI=1S/C12H18N4O3/c1-3-13-12(18)11-8-6-16(10(17)7-19-2)5-4-9(8)14-15-11/h3-7H2,1-2H3,(H,13,18)(H,14,15). The number of carbonyl (C=O) groups excluding carboxylic acids is 2. The number of H-pyrrole nitrogens is 1. The van der Waals surface area contributed by atoms with E-state index in [4.69, 9.17) is 4.74 Å². The maximum atomic E-state index is 11.9. The van der Waals surface area contributed by atoms with Gasteiger partial charge in [0.2, 0.25) is 5.91 Å². The first-order valence-corrected chi connectivity index (χ1v) is 6.28. The number of ether oxygens (including phenoxy) is 1. The summed E-state index contributed by atoms with van der Waals surface area (Å²) in [6.07, 6.45) is 0.678. The third kappa shape index (κ3) is 2.76. The summed E-state index contributed by atoms with van der Waals surface area (Å²) < 4.78 is 4.85. The van der Waals surface area contributed by atoms with E-state index in [1.165, 1.54) is 7.11 Å². The summed E-state index contributed by atoms with van der Waals surface area (Å²) in [5.74, 6) is -0.280. The summed E-state index contributed by atoms with van der Waals surface area (Å²) in [5, 5.41) is 9.64. The molecule has 19 heavy (non-hydrogen) atoms. The van der Waals surface area contributed by atoms with Crippen LogP contribution in [0, 0.1) is 0 Å². The Morgan fingerprint density at radius 2 is 2.32 bits per heavy atom. The van der Waals surface area contributed by atoms with Crippen LogP contribution in [0.4, 0.5) is 0 Å². The highest BCUT2D eigenvalue weighted by molar-refractivity contribution is 5.94. The van der Waals surface area contributed by atoms with Crippen LogP contribution < -0.4 is 5.32 Å². The van der Waals surface area contributed by atoms with Gasteiger partial charge in [-0.15, -0.1) is 0 Å². The molecule has 2 amide bonds. The van der Waals surface area contributed by atoms with Crippen LogP contribution in [0.2, 0.25) is 0 Å². The fraction of sp³-hybridized carbons (Fsp3) is 0.583. The predicted octanol–water partition coefficient (Wildman–Crippen LogP) is -0.309. The molecule has 2 N–H and O–H groups in total. The first-order valence-electron chi connectivity index (χ1n) is 6.28. The Morgan fingerprint density at radius 1 is 1.53 bits per heavy atom. The van der Waals surface area contributed by atoms with E-state index in [9.17, 15) is 9.59 Å². The largest absolute Gasteiger partial charge is 0.375 e. The molecule has 7 heteroatoms. The number of amides is 2. The molecule has 0 saturated heterocycles. The van der Waals surface area contributed by atoms with E-state index in [-0.39, 0.29) is 18.4 Å². The molecule has 1 aliphatic heterocycles. The summed E-state index contributed by atoms with van der Waals surface area (Å²) in [6, 6.07) is 0. The molecule has 1 aromatic rings. The molecule has 0 spiro atoms. The summed E-state index contributed by atoms with van der Waals surface area (Å²) in [6.45, 7) is 3.48. The van der Waals surface area contributed by atoms with Crippen LogP contribution in [-0.2, 0) is 22.5 Å². The highest BCUT2D eigenvalue weighted by Crippen LogP contribution is 2.20. The van der Waals surface area contributed by atoms with Crippen LogP contribution in [0.5, 0.6) is 0 Å². The maximum absolute atomic E-state index is 11.9. The number of methoxy groups -OCH3 is 1. The highest BCUT2D eigenvalue weighted by atomic mass is 16.5. The molecular weight excluding hydrogens is 248 g/mol. The van der Waals surface area contributed by atoms with Gasteiger partial charge in [0.25, 0.3) is 5.91 Å². The van der Waals surface area contributed by atoms with Crippen LogP contribution in [0.1, 0.15) is 28.7 Å². The van der Waals surface area contributed by atoms with Crippen molar-refractivity contribution in [2.45, 2.75) is 19.9 Å². The lowest BCUT2D eigenvalue weighted by molar-refractivity contribution is -0.136. The zero-order chi connectivity index (χ0) is 13.8. The van der Waals surface area contributed by atoms with Crippen LogP contribution >= 0.6 is 0 Å². The lowest BCUT2D eigenvalue weighted by Crippen LogP contribution is -2.38. The SMILES string of the molecule is CCNC(=O)c1n[nH]c2c1CN(C(=O)COC)CC2. The van der Waals surface area contributed by atoms with Gasteiger partial charge in [0.1, 0.15) is 6.61 Å². The minimum atomic E-state index is -0.207. The van der Waals surface area contributed by atoms with Gasteiger partial charge in [-0.3, -0.25) is 14.7 Å². The first kappa shape index (κ1) is 13.5. The van der Waals surface area contributed by atoms with Crippen molar-refractivity contribution in [3.63, 3.8) is 0 Å². The van der Waals surface area contributed by atoms with Gasteiger partial charge in [-0.1, -0.05) is 0 Å². The fourth-order valence-electron chi connectivity index (χ4n) is 2.15. The fourth-order valence-corrected chi connectivity index (χ4v) is 2.15. The third-order valence-corrected chi connectivity index (χ3v) is 3.11. The van der Waals surface area contributed by atoms with Gasteiger partial charge in [-0.2, -0.15) is 5.10 Å². The zero-order valence-corrected chi connectivity index (χ0v) is 11.2. The normalized spacial score (nSPS) is 14.1. The topological polar surface area (TPSA) is 87.3 Å². The summed E-state index contributed by atoms with van der Waals surface area (Å²) in [7, 11) is 1.49. The number of carbonyl (C=O) groups is 2. The second-order valence-electron chi connectivity index (χ2n) is 4.39. The molecule has 2 heterocycles. The lowest BCUT2D eigenvalue weighted by Gasteiger charge is -2.26. The first-order chi connectivity index (χ1) is 9.17. The maximum Gasteiger partial charge on any atom is 0.272 e. The van der Waals surface area contributed by atoms with Gasteiger partial charge in [-0.05, 0) is 6.92 Å². The Bertz CT molecular complexity index is 483. The molecule has 1 aliphatic rings. The summed E-state index contributed by atoms with van der Waals surface area (Å²) in [4.78, 5) is 25.3. The van der Waals surface area contributed by atoms with Gasteiger partial charge in [-0.25, -0.2) is 0 Å². The van der Waals surface area contributed by atoms with E-state index >= 15 is 0 Å². The second kappa shape index (κ2) is 5.83. The van der Waals surface area contributed by atoms with E-state index in [0.29, 0.717) is 31.7 Å². The van der Waals surface area contributed by atoms with Crippen molar-refractivity contribution in [2.75, 3.05) is 26.8 Å². The van der Waals surface area contributed by atoms with Gasteiger partial charge in [0.15, 0.2) is 5.69 Å². The van der Waals surface area contributed by atoms with E-state index < -0.39 is 0 Å². The Kier molecular flexibility index (Phi) is 4.16. The molecule has 2 rings (SSSR count). The van der Waals surface area contributed by atoms with Crippen molar-refractivity contribution >= 4 is 11.8 Å². The second-order valence-corrected chi connectivity index (χ2v) is 4.39. The molecule has 0 radical (unpaired) electrons. The van der Waals surface area contributed by atoms with Crippen molar-refractivity contribution in [1.82, 2.24) is 20.4 Å². The Labute approximate surface area is 111 Å². The Morgan fingerprint density at radius 3 is 3.00 bits per heavy atom. The molecular formula is C12H18N4O3. The van der Waals surface area contributed by atoms with E-state index in [1.54, 1.807) is 4.90 Å². The zero-order valence-electron chi connectivity index (χ0n) is 11.2. The van der Waals surface area contributed by atoms with E-state index in [0.717, 1.165) is 11.3 Å². The summed E-state index contributed by atoms with van der Waals surface area (Å²) in [5.41, 5.74) is 2.12. The van der Waals surface area contributed by atoms with Crippen molar-refractivity contribution in [2.24, 2.45) is 0 Å². The number of rotatable bonds is 4. The van der Waals surface area contributed by atoms with Gasteiger partial charge in [0.05, 0.1) is 0 Å². The highest BCUT2D eigenvalue weighted by Gasteiger charge is 2.27. The van der Waals surface area contributed by atoms with Gasteiger partial charge < -0.3 is 15.0 Å². The third-order valence-electron chi connectivity index (χ3n) is 3.11. The molecule has 0 bridgehead atoms.